The average Bonchev–Trinajstić information content (AvgIpc) is 2.37. The molecule has 0 aliphatic rings. The maximum atomic E-state index is 11.9. The van der Waals surface area contributed by atoms with Crippen molar-refractivity contribution >= 4 is 27.7 Å². The number of nitrogens with two attached hydrogens (primary N) is 1. The number of halogens is 1. The first-order valence-corrected chi connectivity index (χ1v) is 6.32. The Labute approximate surface area is 119 Å². The molecule has 1 aromatic rings. The number of rotatable bonds is 4. The highest BCUT2D eigenvalue weighted by Crippen LogP contribution is 2.22. The average molecular weight is 330 g/mol. The Hall–Kier alpha value is -1.76. The number of phenols is 1. The van der Waals surface area contributed by atoms with Crippen molar-refractivity contribution < 1.29 is 15.1 Å². The molecule has 0 aliphatic carbocycles. The van der Waals surface area contributed by atoms with Crippen LogP contribution < -0.4 is 11.1 Å². The number of hydrogen-bond donors (Lipinski definition) is 4. The fourth-order valence-corrected chi connectivity index (χ4v) is 1.67. The third-order valence-electron chi connectivity index (χ3n) is 2.70. The number of benzene rings is 1. The van der Waals surface area contributed by atoms with Crippen molar-refractivity contribution in [1.29, 1.82) is 0 Å². The topological polar surface area (TPSA) is 108 Å². The van der Waals surface area contributed by atoms with Gasteiger partial charge in [-0.15, -0.1) is 0 Å². The van der Waals surface area contributed by atoms with E-state index in [9.17, 15) is 9.90 Å². The van der Waals surface area contributed by atoms with E-state index in [1.54, 1.807) is 19.9 Å². The summed E-state index contributed by atoms with van der Waals surface area (Å²) in [5, 5.41) is 23.8. The van der Waals surface area contributed by atoms with Gasteiger partial charge in [-0.1, -0.05) is 34.9 Å². The van der Waals surface area contributed by atoms with Gasteiger partial charge in [-0.25, -0.2) is 0 Å². The van der Waals surface area contributed by atoms with Crippen LogP contribution in [0.1, 0.15) is 24.2 Å². The quantitative estimate of drug-likeness (QED) is 0.291. The molecule has 1 rings (SSSR count). The molecule has 5 N–H and O–H groups in total. The molecule has 1 aromatic carbocycles. The summed E-state index contributed by atoms with van der Waals surface area (Å²) >= 11 is 3.23. The molecule has 0 atom stereocenters. The monoisotopic (exact) mass is 329 g/mol. The van der Waals surface area contributed by atoms with Crippen molar-refractivity contribution in [2.24, 2.45) is 16.3 Å². The maximum absolute atomic E-state index is 11.9. The van der Waals surface area contributed by atoms with Gasteiger partial charge in [0.1, 0.15) is 11.6 Å². The molecule has 1 amide bonds. The van der Waals surface area contributed by atoms with E-state index in [1.165, 1.54) is 12.1 Å². The van der Waals surface area contributed by atoms with Crippen molar-refractivity contribution in [3.8, 4) is 5.75 Å². The highest BCUT2D eigenvalue weighted by atomic mass is 79.9. The van der Waals surface area contributed by atoms with Crippen LogP contribution in [-0.4, -0.2) is 28.6 Å². The Morgan fingerprint density at radius 3 is 2.74 bits per heavy atom. The number of nitrogens with one attached hydrogen (secondary N) is 1. The minimum absolute atomic E-state index is 0.0197. The molecule has 0 saturated carbocycles. The van der Waals surface area contributed by atoms with Gasteiger partial charge in [-0.05, 0) is 18.2 Å². The number of phenolic OH excluding ortho intramolecular Hbond substituents is 1. The first kappa shape index (κ1) is 15.3. The molecule has 0 fully saturated rings. The fourth-order valence-electron chi connectivity index (χ4n) is 1.31. The van der Waals surface area contributed by atoms with Crippen molar-refractivity contribution in [2.45, 2.75) is 13.8 Å². The summed E-state index contributed by atoms with van der Waals surface area (Å²) < 4.78 is 0.686. The van der Waals surface area contributed by atoms with E-state index in [1.807, 2.05) is 0 Å². The van der Waals surface area contributed by atoms with Crippen LogP contribution in [0.15, 0.2) is 27.8 Å². The Balaban J connectivity index is 2.79. The summed E-state index contributed by atoms with van der Waals surface area (Å²) in [6, 6.07) is 4.57. The predicted octanol–water partition coefficient (Wildman–Crippen LogP) is 1.66. The Bertz CT molecular complexity index is 515. The normalized spacial score (nSPS) is 12.3. The second kappa shape index (κ2) is 5.92. The molecule has 0 aromatic heterocycles. The van der Waals surface area contributed by atoms with Crippen molar-refractivity contribution in [3.05, 3.63) is 28.2 Å². The smallest absolute Gasteiger partial charge is 0.255 e. The van der Waals surface area contributed by atoms with Gasteiger partial charge in [-0.3, -0.25) is 4.79 Å². The SMILES string of the molecule is CC(C)(CNC(=O)c1cc(Br)ccc1O)/C(N)=N/O. The van der Waals surface area contributed by atoms with E-state index >= 15 is 0 Å². The van der Waals surface area contributed by atoms with E-state index in [0.717, 1.165) is 0 Å². The van der Waals surface area contributed by atoms with E-state index in [2.05, 4.69) is 26.4 Å². The van der Waals surface area contributed by atoms with Gasteiger partial charge in [0.05, 0.1) is 5.56 Å². The molecular formula is C12H16BrN3O3. The number of carbonyl (C=O) groups is 1. The standard InChI is InChI=1S/C12H16BrN3O3/c1-12(2,11(14)16-19)6-15-10(18)8-5-7(13)3-4-9(8)17/h3-5,17,19H,6H2,1-2H3,(H2,14,16)(H,15,18). The first-order valence-electron chi connectivity index (χ1n) is 5.52. The van der Waals surface area contributed by atoms with Gasteiger partial charge < -0.3 is 21.4 Å². The molecule has 0 spiro atoms. The van der Waals surface area contributed by atoms with Gasteiger partial charge in [0.15, 0.2) is 0 Å². The number of amides is 1. The summed E-state index contributed by atoms with van der Waals surface area (Å²) in [7, 11) is 0. The van der Waals surface area contributed by atoms with Crippen LogP contribution in [-0.2, 0) is 0 Å². The molecule has 104 valence electrons. The Morgan fingerprint density at radius 2 is 2.16 bits per heavy atom. The first-order chi connectivity index (χ1) is 8.77. The number of oxime groups is 1. The molecule has 0 saturated heterocycles. The van der Waals surface area contributed by atoms with Crippen molar-refractivity contribution in [1.82, 2.24) is 5.32 Å². The largest absolute Gasteiger partial charge is 0.507 e. The lowest BCUT2D eigenvalue weighted by molar-refractivity contribution is 0.0941. The summed E-state index contributed by atoms with van der Waals surface area (Å²) in [4.78, 5) is 11.9. The lowest BCUT2D eigenvalue weighted by atomic mass is 9.92. The molecule has 0 radical (unpaired) electrons. The van der Waals surface area contributed by atoms with Crippen LogP contribution in [0.2, 0.25) is 0 Å². The zero-order chi connectivity index (χ0) is 14.6. The van der Waals surface area contributed by atoms with Crippen LogP contribution in [0.25, 0.3) is 0 Å². The lowest BCUT2D eigenvalue weighted by Crippen LogP contribution is -2.42. The summed E-state index contributed by atoms with van der Waals surface area (Å²) in [5.74, 6) is -0.522. The molecule has 6 nitrogen and oxygen atoms in total. The van der Waals surface area contributed by atoms with Crippen LogP contribution in [0.3, 0.4) is 0 Å². The van der Waals surface area contributed by atoms with Crippen LogP contribution in [0, 0.1) is 5.41 Å². The number of nitrogens with zero attached hydrogens (tertiary/aromatic N) is 1. The molecule has 0 bridgehead atoms. The highest BCUT2D eigenvalue weighted by molar-refractivity contribution is 9.10. The fraction of sp³-hybridized carbons (Fsp3) is 0.333. The second-order valence-electron chi connectivity index (χ2n) is 4.71. The number of aromatic hydroxyl groups is 1. The zero-order valence-electron chi connectivity index (χ0n) is 10.6. The third-order valence-corrected chi connectivity index (χ3v) is 3.19. The molecule has 0 unspecified atom stereocenters. The van der Waals surface area contributed by atoms with E-state index in [-0.39, 0.29) is 23.7 Å². The van der Waals surface area contributed by atoms with Crippen LogP contribution in [0.5, 0.6) is 5.75 Å². The van der Waals surface area contributed by atoms with Crippen molar-refractivity contribution in [2.75, 3.05) is 6.54 Å². The lowest BCUT2D eigenvalue weighted by Gasteiger charge is -2.23. The highest BCUT2D eigenvalue weighted by Gasteiger charge is 2.25. The molecule has 0 aliphatic heterocycles. The summed E-state index contributed by atoms with van der Waals surface area (Å²) in [5.41, 5.74) is 4.99. The second-order valence-corrected chi connectivity index (χ2v) is 5.63. The minimum Gasteiger partial charge on any atom is -0.507 e. The zero-order valence-corrected chi connectivity index (χ0v) is 12.2. The van der Waals surface area contributed by atoms with Gasteiger partial charge in [0.2, 0.25) is 0 Å². The number of carbonyl (C=O) groups excluding carboxylic acids is 1. The van der Waals surface area contributed by atoms with Crippen LogP contribution in [0.4, 0.5) is 0 Å². The third kappa shape index (κ3) is 3.85. The van der Waals surface area contributed by atoms with Gasteiger partial charge in [0, 0.05) is 16.4 Å². The van der Waals surface area contributed by atoms with Crippen LogP contribution >= 0.6 is 15.9 Å². The van der Waals surface area contributed by atoms with E-state index in [4.69, 9.17) is 10.9 Å². The molecule has 19 heavy (non-hydrogen) atoms. The number of hydrogen-bond acceptors (Lipinski definition) is 4. The van der Waals surface area contributed by atoms with Gasteiger partial charge in [0.25, 0.3) is 5.91 Å². The van der Waals surface area contributed by atoms with Gasteiger partial charge in [-0.2, -0.15) is 0 Å². The Morgan fingerprint density at radius 1 is 1.53 bits per heavy atom. The van der Waals surface area contributed by atoms with E-state index in [0.29, 0.717) is 4.47 Å². The molecular weight excluding hydrogens is 314 g/mol. The maximum Gasteiger partial charge on any atom is 0.255 e. The Kier molecular flexibility index (Phi) is 4.77. The molecule has 7 heteroatoms. The van der Waals surface area contributed by atoms with Gasteiger partial charge >= 0.3 is 0 Å². The summed E-state index contributed by atoms with van der Waals surface area (Å²) in [6.45, 7) is 3.62. The molecule has 0 heterocycles. The number of amidine groups is 1. The van der Waals surface area contributed by atoms with E-state index < -0.39 is 11.3 Å². The minimum atomic E-state index is -0.688. The summed E-state index contributed by atoms with van der Waals surface area (Å²) in [6.07, 6.45) is 0. The van der Waals surface area contributed by atoms with Crippen molar-refractivity contribution in [3.63, 3.8) is 0 Å². The predicted molar refractivity (Wildman–Crippen MR) is 75.3 cm³/mol.